The molecule has 1 rings (SSSR count). The van der Waals surface area contributed by atoms with E-state index in [0.717, 1.165) is 18.7 Å². The van der Waals surface area contributed by atoms with Gasteiger partial charge in [0, 0.05) is 18.7 Å². The summed E-state index contributed by atoms with van der Waals surface area (Å²) in [5.41, 5.74) is 1.00. The first-order chi connectivity index (χ1) is 7.13. The zero-order valence-corrected chi connectivity index (χ0v) is 9.90. The van der Waals surface area contributed by atoms with E-state index in [-0.39, 0.29) is 0 Å². The lowest BCUT2D eigenvalue weighted by Gasteiger charge is -2.20. The van der Waals surface area contributed by atoms with Crippen molar-refractivity contribution in [3.63, 3.8) is 0 Å². The van der Waals surface area contributed by atoms with Crippen LogP contribution in [-0.2, 0) is 6.54 Å². The molecule has 1 N–H and O–H groups in total. The quantitative estimate of drug-likeness (QED) is 0.802. The van der Waals surface area contributed by atoms with E-state index in [9.17, 15) is 5.11 Å². The van der Waals surface area contributed by atoms with Gasteiger partial charge in [-0.3, -0.25) is 0 Å². The van der Waals surface area contributed by atoms with Crippen LogP contribution in [0.15, 0.2) is 24.3 Å². The van der Waals surface area contributed by atoms with Crippen LogP contribution in [0.4, 0.5) is 0 Å². The largest absolute Gasteiger partial charge is 0.508 e. The van der Waals surface area contributed by atoms with E-state index < -0.39 is 0 Å². The number of hydrogen-bond donors (Lipinski definition) is 1. The van der Waals surface area contributed by atoms with Gasteiger partial charge in [-0.2, -0.15) is 0 Å². The van der Waals surface area contributed by atoms with E-state index in [1.165, 1.54) is 6.42 Å². The maximum atomic E-state index is 9.62. The number of phenols is 1. The molecule has 0 saturated carbocycles. The average Bonchev–Trinajstić information content (AvgIpc) is 2.21. The Labute approximate surface area is 92.5 Å². The fraction of sp³-hybridized carbons (Fsp3) is 0.538. The molecule has 1 aromatic carbocycles. The second-order valence-electron chi connectivity index (χ2n) is 4.34. The van der Waals surface area contributed by atoms with Gasteiger partial charge in [0.2, 0.25) is 0 Å². The molecule has 15 heavy (non-hydrogen) atoms. The van der Waals surface area contributed by atoms with Crippen LogP contribution in [0.3, 0.4) is 0 Å². The van der Waals surface area contributed by atoms with Crippen molar-refractivity contribution in [2.75, 3.05) is 13.6 Å². The van der Waals surface area contributed by atoms with Gasteiger partial charge in [0.15, 0.2) is 0 Å². The van der Waals surface area contributed by atoms with Crippen molar-refractivity contribution in [1.29, 1.82) is 0 Å². The van der Waals surface area contributed by atoms with E-state index in [0.29, 0.717) is 11.7 Å². The predicted octanol–water partition coefficient (Wildman–Crippen LogP) is 2.87. The van der Waals surface area contributed by atoms with Crippen LogP contribution >= 0.6 is 0 Å². The van der Waals surface area contributed by atoms with E-state index >= 15 is 0 Å². The SMILES string of the molecule is CCC(C)CN(C)Cc1ccccc1O. The first-order valence-electron chi connectivity index (χ1n) is 5.59. The number of hydrogen-bond acceptors (Lipinski definition) is 2. The predicted molar refractivity (Wildman–Crippen MR) is 63.9 cm³/mol. The Balaban J connectivity index is 2.51. The summed E-state index contributed by atoms with van der Waals surface area (Å²) in [5.74, 6) is 1.11. The van der Waals surface area contributed by atoms with Gasteiger partial charge in [-0.15, -0.1) is 0 Å². The van der Waals surface area contributed by atoms with E-state index in [4.69, 9.17) is 0 Å². The summed E-state index contributed by atoms with van der Waals surface area (Å²) in [4.78, 5) is 2.25. The molecule has 0 aromatic heterocycles. The van der Waals surface area contributed by atoms with Gasteiger partial charge in [-0.05, 0) is 19.0 Å². The topological polar surface area (TPSA) is 23.5 Å². The van der Waals surface area contributed by atoms with Gasteiger partial charge < -0.3 is 10.0 Å². The lowest BCUT2D eigenvalue weighted by Crippen LogP contribution is -2.23. The molecule has 0 aliphatic heterocycles. The van der Waals surface area contributed by atoms with E-state index in [1.807, 2.05) is 18.2 Å². The summed E-state index contributed by atoms with van der Waals surface area (Å²) < 4.78 is 0. The lowest BCUT2D eigenvalue weighted by molar-refractivity contribution is 0.271. The van der Waals surface area contributed by atoms with Gasteiger partial charge in [0.25, 0.3) is 0 Å². The molecular weight excluding hydrogens is 186 g/mol. The molecule has 84 valence electrons. The molecule has 1 unspecified atom stereocenters. The van der Waals surface area contributed by atoms with Crippen LogP contribution in [0.5, 0.6) is 5.75 Å². The van der Waals surface area contributed by atoms with Crippen molar-refractivity contribution in [3.8, 4) is 5.75 Å². The molecule has 2 heteroatoms. The third-order valence-corrected chi connectivity index (χ3v) is 2.75. The molecule has 0 spiro atoms. The Hall–Kier alpha value is -1.02. The second-order valence-corrected chi connectivity index (χ2v) is 4.34. The normalized spacial score (nSPS) is 13.1. The average molecular weight is 207 g/mol. The fourth-order valence-electron chi connectivity index (χ4n) is 1.66. The second kappa shape index (κ2) is 5.76. The Morgan fingerprint density at radius 2 is 2.00 bits per heavy atom. The Bertz CT molecular complexity index is 298. The highest BCUT2D eigenvalue weighted by Gasteiger charge is 2.07. The zero-order valence-electron chi connectivity index (χ0n) is 9.90. The van der Waals surface area contributed by atoms with Crippen LogP contribution in [0.2, 0.25) is 0 Å². The van der Waals surface area contributed by atoms with Crippen molar-refractivity contribution in [3.05, 3.63) is 29.8 Å². The smallest absolute Gasteiger partial charge is 0.120 e. The summed E-state index contributed by atoms with van der Waals surface area (Å²) in [5, 5.41) is 9.62. The first kappa shape index (κ1) is 12.1. The molecule has 1 atom stereocenters. The van der Waals surface area contributed by atoms with Crippen LogP contribution in [0.25, 0.3) is 0 Å². The molecular formula is C13H21NO. The molecule has 0 aliphatic rings. The van der Waals surface area contributed by atoms with Gasteiger partial charge >= 0.3 is 0 Å². The maximum absolute atomic E-state index is 9.62. The Morgan fingerprint density at radius 3 is 2.60 bits per heavy atom. The minimum absolute atomic E-state index is 0.397. The summed E-state index contributed by atoms with van der Waals surface area (Å²) >= 11 is 0. The van der Waals surface area contributed by atoms with Gasteiger partial charge in [-0.25, -0.2) is 0 Å². The van der Waals surface area contributed by atoms with Crippen molar-refractivity contribution < 1.29 is 5.11 Å². The fourth-order valence-corrected chi connectivity index (χ4v) is 1.66. The van der Waals surface area contributed by atoms with Crippen LogP contribution in [0.1, 0.15) is 25.8 Å². The van der Waals surface area contributed by atoms with Crippen LogP contribution in [-0.4, -0.2) is 23.6 Å². The molecule has 0 heterocycles. The number of phenolic OH excluding ortho intramolecular Hbond substituents is 1. The number of rotatable bonds is 5. The van der Waals surface area contributed by atoms with Gasteiger partial charge in [0.1, 0.15) is 5.75 Å². The summed E-state index contributed by atoms with van der Waals surface area (Å²) in [7, 11) is 2.10. The highest BCUT2D eigenvalue weighted by atomic mass is 16.3. The molecule has 0 amide bonds. The van der Waals surface area contributed by atoms with Crippen molar-refractivity contribution in [2.45, 2.75) is 26.8 Å². The van der Waals surface area contributed by atoms with Gasteiger partial charge in [-0.1, -0.05) is 38.5 Å². The molecule has 1 aromatic rings. The van der Waals surface area contributed by atoms with Crippen LogP contribution < -0.4 is 0 Å². The van der Waals surface area contributed by atoms with E-state index in [2.05, 4.69) is 25.8 Å². The number of para-hydroxylation sites is 1. The monoisotopic (exact) mass is 207 g/mol. The summed E-state index contributed by atoms with van der Waals surface area (Å²) in [6.45, 7) is 6.35. The van der Waals surface area contributed by atoms with Gasteiger partial charge in [0.05, 0.1) is 0 Å². The van der Waals surface area contributed by atoms with E-state index in [1.54, 1.807) is 6.07 Å². The summed E-state index contributed by atoms with van der Waals surface area (Å²) in [6, 6.07) is 7.54. The number of nitrogens with zero attached hydrogens (tertiary/aromatic N) is 1. The molecule has 0 saturated heterocycles. The molecule has 0 fully saturated rings. The highest BCUT2D eigenvalue weighted by molar-refractivity contribution is 5.31. The molecule has 0 bridgehead atoms. The standard InChI is InChI=1S/C13H21NO/c1-4-11(2)9-14(3)10-12-7-5-6-8-13(12)15/h5-8,11,15H,4,9-10H2,1-3H3. The lowest BCUT2D eigenvalue weighted by atomic mass is 10.1. The van der Waals surface area contributed by atoms with Crippen molar-refractivity contribution >= 4 is 0 Å². The van der Waals surface area contributed by atoms with Crippen molar-refractivity contribution in [2.24, 2.45) is 5.92 Å². The maximum Gasteiger partial charge on any atom is 0.120 e. The van der Waals surface area contributed by atoms with Crippen molar-refractivity contribution in [1.82, 2.24) is 4.90 Å². The molecule has 0 radical (unpaired) electrons. The van der Waals surface area contributed by atoms with Crippen LogP contribution in [0, 0.1) is 5.92 Å². The minimum atomic E-state index is 0.397. The zero-order chi connectivity index (χ0) is 11.3. The third-order valence-electron chi connectivity index (χ3n) is 2.75. The number of aromatic hydroxyl groups is 1. The number of benzene rings is 1. The molecule has 0 aliphatic carbocycles. The Morgan fingerprint density at radius 1 is 1.33 bits per heavy atom. The third kappa shape index (κ3) is 3.92. The minimum Gasteiger partial charge on any atom is -0.508 e. The highest BCUT2D eigenvalue weighted by Crippen LogP contribution is 2.17. The first-order valence-corrected chi connectivity index (χ1v) is 5.59. The summed E-state index contributed by atoms with van der Waals surface area (Å²) in [6.07, 6.45) is 1.20. The Kier molecular flexibility index (Phi) is 4.63. The molecule has 2 nitrogen and oxygen atoms in total.